The Balaban J connectivity index is 2.11. The average Bonchev–Trinajstić information content (AvgIpc) is 2.76. The van der Waals surface area contributed by atoms with Crippen molar-refractivity contribution in [3.63, 3.8) is 0 Å². The van der Waals surface area contributed by atoms with Gasteiger partial charge in [-0.25, -0.2) is 10.0 Å². The molecular formula is C18H27F3N6O4. The van der Waals surface area contributed by atoms with E-state index in [4.69, 9.17) is 4.74 Å². The molecule has 31 heavy (non-hydrogen) atoms. The Morgan fingerprint density at radius 1 is 1.39 bits per heavy atom. The number of amides is 2. The third kappa shape index (κ3) is 7.51. The number of nitrogens with zero attached hydrogens (tertiary/aromatic N) is 4. The fourth-order valence-electron chi connectivity index (χ4n) is 3.08. The summed E-state index contributed by atoms with van der Waals surface area (Å²) in [7, 11) is 0. The van der Waals surface area contributed by atoms with Gasteiger partial charge in [0.15, 0.2) is 0 Å². The molecule has 1 fully saturated rings. The van der Waals surface area contributed by atoms with Gasteiger partial charge in [-0.3, -0.25) is 25.6 Å². The van der Waals surface area contributed by atoms with Gasteiger partial charge in [-0.15, -0.1) is 0 Å². The Morgan fingerprint density at radius 2 is 2.10 bits per heavy atom. The molecule has 1 atom stereocenters. The second-order valence-electron chi connectivity index (χ2n) is 7.06. The van der Waals surface area contributed by atoms with Crippen LogP contribution in [0.25, 0.3) is 0 Å². The molecule has 2 heterocycles. The summed E-state index contributed by atoms with van der Waals surface area (Å²) >= 11 is 0. The molecule has 2 rings (SSSR count). The van der Waals surface area contributed by atoms with E-state index in [1.165, 1.54) is 4.90 Å². The lowest BCUT2D eigenvalue weighted by Crippen LogP contribution is -2.41. The number of unbranched alkanes of at least 4 members (excludes halogenated alkanes) is 2. The Kier molecular flexibility index (Phi) is 9.24. The Labute approximate surface area is 177 Å². The van der Waals surface area contributed by atoms with Crippen LogP contribution in [0.1, 0.15) is 38.2 Å². The molecule has 0 bridgehead atoms. The molecule has 1 aromatic heterocycles. The van der Waals surface area contributed by atoms with Crippen LogP contribution in [0, 0.1) is 5.92 Å². The van der Waals surface area contributed by atoms with Gasteiger partial charge in [0.2, 0.25) is 18.3 Å². The number of carbonyl (C=O) groups is 2. The number of hydrogen-bond donors (Lipinski definition) is 3. The van der Waals surface area contributed by atoms with E-state index in [9.17, 15) is 28.0 Å². The predicted octanol–water partition coefficient (Wildman–Crippen LogP) is 1.82. The molecule has 13 heteroatoms. The number of nitrogens with one attached hydrogen (secondary N) is 2. The quantitative estimate of drug-likeness (QED) is 0.203. The highest BCUT2D eigenvalue weighted by atomic mass is 19.4. The second kappa shape index (κ2) is 11.6. The van der Waals surface area contributed by atoms with Crippen LogP contribution in [0.4, 0.5) is 24.9 Å². The number of aromatic nitrogens is 2. The maximum atomic E-state index is 13.4. The number of hydrazine groups is 1. The summed E-state index contributed by atoms with van der Waals surface area (Å²) in [4.78, 5) is 32.2. The van der Waals surface area contributed by atoms with Crippen molar-refractivity contribution in [2.24, 2.45) is 5.92 Å². The van der Waals surface area contributed by atoms with E-state index < -0.39 is 23.6 Å². The smallest absolute Gasteiger partial charge is 0.378 e. The van der Waals surface area contributed by atoms with Gasteiger partial charge in [-0.1, -0.05) is 26.2 Å². The van der Waals surface area contributed by atoms with Crippen LogP contribution in [0.2, 0.25) is 0 Å². The zero-order valence-corrected chi connectivity index (χ0v) is 17.2. The number of morpholine rings is 1. The summed E-state index contributed by atoms with van der Waals surface area (Å²) in [6.45, 7) is 2.80. The second-order valence-corrected chi connectivity index (χ2v) is 7.06. The Hall–Kier alpha value is -2.67. The lowest BCUT2D eigenvalue weighted by molar-refractivity contribution is -0.154. The fraction of sp³-hybridized carbons (Fsp3) is 0.667. The van der Waals surface area contributed by atoms with Crippen LogP contribution < -0.4 is 15.8 Å². The number of hydroxylamine groups is 2. The molecule has 0 radical (unpaired) electrons. The summed E-state index contributed by atoms with van der Waals surface area (Å²) in [5.74, 6) is -1.79. The van der Waals surface area contributed by atoms with Gasteiger partial charge in [0.1, 0.15) is 11.4 Å². The van der Waals surface area contributed by atoms with Crippen molar-refractivity contribution in [1.82, 2.24) is 20.5 Å². The molecule has 0 spiro atoms. The molecule has 2 amide bonds. The normalized spacial score (nSPS) is 15.3. The molecule has 1 saturated heterocycles. The van der Waals surface area contributed by atoms with E-state index in [1.807, 2.05) is 6.92 Å². The molecule has 0 aromatic carbocycles. The summed E-state index contributed by atoms with van der Waals surface area (Å²) in [6, 6.07) is 0. The summed E-state index contributed by atoms with van der Waals surface area (Å²) in [5.41, 5.74) is 3.80. The minimum absolute atomic E-state index is 0.196. The third-order valence-electron chi connectivity index (χ3n) is 4.74. The van der Waals surface area contributed by atoms with Gasteiger partial charge < -0.3 is 9.64 Å². The molecule has 174 valence electrons. The monoisotopic (exact) mass is 448 g/mol. The topological polar surface area (TPSA) is 120 Å². The van der Waals surface area contributed by atoms with E-state index in [0.717, 1.165) is 12.8 Å². The van der Waals surface area contributed by atoms with E-state index >= 15 is 0 Å². The zero-order chi connectivity index (χ0) is 22.9. The molecule has 1 aliphatic rings. The standard InChI is InChI=1S/C18H27F3N6O4/c1-2-3-4-5-13(11-27(30)12-28)16(29)24-25-17-22-10-14(18(19,20)21)15(23-17)26-6-8-31-9-7-26/h10,12-13,30H,2-9,11H2,1H3,(H,24,29)(H,22,23,25)/t13-/m1/s1. The van der Waals surface area contributed by atoms with Crippen LogP contribution in [-0.2, 0) is 20.5 Å². The Bertz CT molecular complexity index is 731. The van der Waals surface area contributed by atoms with Gasteiger partial charge in [0.05, 0.1) is 25.7 Å². The van der Waals surface area contributed by atoms with Crippen molar-refractivity contribution < 1.29 is 32.7 Å². The van der Waals surface area contributed by atoms with Gasteiger partial charge >= 0.3 is 6.18 Å². The number of carbonyl (C=O) groups excluding carboxylic acids is 2. The lowest BCUT2D eigenvalue weighted by Gasteiger charge is -2.30. The molecule has 0 aliphatic carbocycles. The van der Waals surface area contributed by atoms with Crippen LogP contribution in [0.3, 0.4) is 0 Å². The molecule has 10 nitrogen and oxygen atoms in total. The van der Waals surface area contributed by atoms with Crippen molar-refractivity contribution in [3.05, 3.63) is 11.8 Å². The highest BCUT2D eigenvalue weighted by Crippen LogP contribution is 2.35. The average molecular weight is 448 g/mol. The summed E-state index contributed by atoms with van der Waals surface area (Å²) < 4.78 is 45.3. The van der Waals surface area contributed by atoms with Crippen molar-refractivity contribution in [2.45, 2.75) is 38.8 Å². The van der Waals surface area contributed by atoms with Crippen LogP contribution in [0.5, 0.6) is 0 Å². The van der Waals surface area contributed by atoms with Crippen molar-refractivity contribution in [1.29, 1.82) is 0 Å². The van der Waals surface area contributed by atoms with E-state index in [1.54, 1.807) is 0 Å². The van der Waals surface area contributed by atoms with Gasteiger partial charge in [0, 0.05) is 19.3 Å². The minimum Gasteiger partial charge on any atom is -0.378 e. The Morgan fingerprint density at radius 3 is 2.71 bits per heavy atom. The first kappa shape index (κ1) is 24.6. The first-order valence-electron chi connectivity index (χ1n) is 9.99. The van der Waals surface area contributed by atoms with Gasteiger partial charge in [-0.2, -0.15) is 18.2 Å². The van der Waals surface area contributed by atoms with E-state index in [2.05, 4.69) is 20.8 Å². The molecule has 1 aromatic rings. The fourth-order valence-corrected chi connectivity index (χ4v) is 3.08. The molecule has 0 saturated carbocycles. The van der Waals surface area contributed by atoms with Crippen LogP contribution in [-0.4, -0.2) is 65.4 Å². The SMILES string of the molecule is CCCCC[C@H](CN(O)C=O)C(=O)NNc1ncc(C(F)(F)F)c(N2CCOCC2)n1. The number of alkyl halides is 3. The highest BCUT2D eigenvalue weighted by molar-refractivity contribution is 5.80. The number of anilines is 2. The third-order valence-corrected chi connectivity index (χ3v) is 4.74. The van der Waals surface area contributed by atoms with E-state index in [-0.39, 0.29) is 51.0 Å². The van der Waals surface area contributed by atoms with Crippen molar-refractivity contribution in [3.8, 4) is 0 Å². The maximum Gasteiger partial charge on any atom is 0.421 e. The number of hydrogen-bond acceptors (Lipinski definition) is 8. The molecule has 1 aliphatic heterocycles. The number of ether oxygens (including phenoxy) is 1. The van der Waals surface area contributed by atoms with Crippen LogP contribution in [0.15, 0.2) is 6.20 Å². The molecule has 3 N–H and O–H groups in total. The van der Waals surface area contributed by atoms with Crippen molar-refractivity contribution >= 4 is 24.1 Å². The minimum atomic E-state index is -4.64. The summed E-state index contributed by atoms with van der Waals surface area (Å²) in [5, 5.41) is 9.80. The number of rotatable bonds is 11. The number of halogens is 3. The highest BCUT2D eigenvalue weighted by Gasteiger charge is 2.37. The molecule has 0 unspecified atom stereocenters. The first-order chi connectivity index (χ1) is 14.8. The van der Waals surface area contributed by atoms with Gasteiger partial charge in [0.25, 0.3) is 0 Å². The maximum absolute atomic E-state index is 13.4. The lowest BCUT2D eigenvalue weighted by atomic mass is 10.0. The van der Waals surface area contributed by atoms with Crippen molar-refractivity contribution in [2.75, 3.05) is 43.2 Å². The van der Waals surface area contributed by atoms with E-state index in [0.29, 0.717) is 24.1 Å². The first-order valence-corrected chi connectivity index (χ1v) is 9.99. The summed E-state index contributed by atoms with van der Waals surface area (Å²) in [6.07, 6.45) is -0.868. The zero-order valence-electron chi connectivity index (χ0n) is 17.2. The van der Waals surface area contributed by atoms with Crippen LogP contribution >= 0.6 is 0 Å². The molecular weight excluding hydrogens is 421 g/mol. The largest absolute Gasteiger partial charge is 0.421 e. The van der Waals surface area contributed by atoms with Gasteiger partial charge in [-0.05, 0) is 6.42 Å². The predicted molar refractivity (Wildman–Crippen MR) is 104 cm³/mol.